The zero-order chi connectivity index (χ0) is 12.6. The molecule has 2 N–H and O–H groups in total. The van der Waals surface area contributed by atoms with Crippen LogP contribution in [0.3, 0.4) is 0 Å². The van der Waals surface area contributed by atoms with E-state index >= 15 is 0 Å². The van der Waals surface area contributed by atoms with Gasteiger partial charge >= 0.3 is 0 Å². The maximum Gasteiger partial charge on any atom is 0.0362 e. The van der Waals surface area contributed by atoms with Gasteiger partial charge in [-0.2, -0.15) is 0 Å². The largest absolute Gasteiger partial charge is 0.398 e. The van der Waals surface area contributed by atoms with E-state index in [1.165, 1.54) is 18.7 Å². The number of nitrogens with two attached hydrogens (primary N) is 1. The molecule has 2 rings (SSSR count). The van der Waals surface area contributed by atoms with Crippen LogP contribution < -0.4 is 5.73 Å². The summed E-state index contributed by atoms with van der Waals surface area (Å²) in [4.78, 5) is 2.52. The topological polar surface area (TPSA) is 29.3 Å². The van der Waals surface area contributed by atoms with Crippen molar-refractivity contribution in [1.82, 2.24) is 4.90 Å². The van der Waals surface area contributed by atoms with Crippen LogP contribution in [0.2, 0.25) is 0 Å². The maximum absolute atomic E-state index is 6.03. The number of nitrogen functional groups attached to an aromatic ring is 1. The normalized spacial score (nSPS) is 20.0. The molecular weight excluding hydrogens is 208 g/mol. The van der Waals surface area contributed by atoms with Crippen molar-refractivity contribution in [2.75, 3.05) is 18.8 Å². The first kappa shape index (κ1) is 12.4. The third-order valence-electron chi connectivity index (χ3n) is 4.13. The maximum atomic E-state index is 6.03. The molecule has 0 amide bonds. The second-order valence-electron chi connectivity index (χ2n) is 6.32. The summed E-state index contributed by atoms with van der Waals surface area (Å²) in [6.07, 6.45) is 0. The average Bonchev–Trinajstić information content (AvgIpc) is 2.13. The Labute approximate surface area is 105 Å². The van der Waals surface area contributed by atoms with Crippen molar-refractivity contribution in [1.29, 1.82) is 0 Å². The lowest BCUT2D eigenvalue weighted by Crippen LogP contribution is -2.52. The van der Waals surface area contributed by atoms with E-state index < -0.39 is 0 Å². The molecule has 1 unspecified atom stereocenters. The summed E-state index contributed by atoms with van der Waals surface area (Å²) in [6, 6.07) is 8.65. The van der Waals surface area contributed by atoms with Crippen molar-refractivity contribution in [3.63, 3.8) is 0 Å². The SMILES string of the molecule is CC(c1ccccc1N)N1CC(C(C)(C)C)C1. The highest BCUT2D eigenvalue weighted by Gasteiger charge is 2.38. The van der Waals surface area contributed by atoms with Crippen molar-refractivity contribution in [3.05, 3.63) is 29.8 Å². The lowest BCUT2D eigenvalue weighted by molar-refractivity contribution is -0.00250. The highest BCUT2D eigenvalue weighted by molar-refractivity contribution is 5.48. The number of nitrogens with zero attached hydrogens (tertiary/aromatic N) is 1. The van der Waals surface area contributed by atoms with Gasteiger partial charge in [-0.25, -0.2) is 0 Å². The summed E-state index contributed by atoms with van der Waals surface area (Å²) >= 11 is 0. The number of hydrogen-bond acceptors (Lipinski definition) is 2. The van der Waals surface area contributed by atoms with Gasteiger partial charge in [-0.3, -0.25) is 4.90 Å². The third kappa shape index (κ3) is 2.47. The van der Waals surface area contributed by atoms with Crippen molar-refractivity contribution in [2.45, 2.75) is 33.7 Å². The Kier molecular flexibility index (Phi) is 3.17. The fraction of sp³-hybridized carbons (Fsp3) is 0.600. The number of rotatable bonds is 2. The van der Waals surface area contributed by atoms with Gasteiger partial charge in [-0.05, 0) is 29.9 Å². The summed E-state index contributed by atoms with van der Waals surface area (Å²) in [5.74, 6) is 0.815. The number of anilines is 1. The first-order chi connectivity index (χ1) is 7.89. The number of hydrogen-bond donors (Lipinski definition) is 1. The van der Waals surface area contributed by atoms with E-state index in [2.05, 4.69) is 44.7 Å². The minimum Gasteiger partial charge on any atom is -0.398 e. The Balaban J connectivity index is 2.01. The molecule has 1 aliphatic rings. The second-order valence-corrected chi connectivity index (χ2v) is 6.32. The molecule has 1 heterocycles. The molecule has 94 valence electrons. The molecule has 0 saturated carbocycles. The molecule has 1 atom stereocenters. The van der Waals surface area contributed by atoms with E-state index in [-0.39, 0.29) is 0 Å². The molecular formula is C15H24N2. The van der Waals surface area contributed by atoms with Crippen LogP contribution in [0.4, 0.5) is 5.69 Å². The average molecular weight is 232 g/mol. The quantitative estimate of drug-likeness (QED) is 0.793. The van der Waals surface area contributed by atoms with Gasteiger partial charge in [0.2, 0.25) is 0 Å². The summed E-state index contributed by atoms with van der Waals surface area (Å²) in [7, 11) is 0. The minimum absolute atomic E-state index is 0.429. The second kappa shape index (κ2) is 4.34. The van der Waals surface area contributed by atoms with Gasteiger partial charge < -0.3 is 5.73 Å². The number of likely N-dealkylation sites (tertiary alicyclic amines) is 1. The van der Waals surface area contributed by atoms with Crippen LogP contribution in [0.25, 0.3) is 0 Å². The molecule has 0 radical (unpaired) electrons. The van der Waals surface area contributed by atoms with Crippen LogP contribution in [-0.2, 0) is 0 Å². The summed E-state index contributed by atoms with van der Waals surface area (Å²) in [6.45, 7) is 11.6. The minimum atomic E-state index is 0.429. The van der Waals surface area contributed by atoms with Gasteiger partial charge in [0.15, 0.2) is 0 Å². The van der Waals surface area contributed by atoms with Crippen molar-refractivity contribution >= 4 is 5.69 Å². The molecule has 0 aromatic heterocycles. The molecule has 0 aliphatic carbocycles. The molecule has 1 aliphatic heterocycles. The van der Waals surface area contributed by atoms with Gasteiger partial charge in [0.05, 0.1) is 0 Å². The lowest BCUT2D eigenvalue weighted by Gasteiger charge is -2.49. The van der Waals surface area contributed by atoms with Crippen molar-refractivity contribution in [2.24, 2.45) is 11.3 Å². The molecule has 2 heteroatoms. The summed E-state index contributed by atoms with van der Waals surface area (Å²) < 4.78 is 0. The molecule has 1 fully saturated rings. The van der Waals surface area contributed by atoms with Gasteiger partial charge in [-0.15, -0.1) is 0 Å². The summed E-state index contributed by atoms with van der Waals surface area (Å²) in [5.41, 5.74) is 8.64. The molecule has 0 spiro atoms. The highest BCUT2D eigenvalue weighted by Crippen LogP contribution is 2.38. The van der Waals surface area contributed by atoms with Crippen molar-refractivity contribution in [3.8, 4) is 0 Å². The molecule has 1 saturated heterocycles. The molecule has 1 aromatic carbocycles. The number of para-hydroxylation sites is 1. The lowest BCUT2D eigenvalue weighted by atomic mass is 9.75. The van der Waals surface area contributed by atoms with Gasteiger partial charge in [-0.1, -0.05) is 39.0 Å². The first-order valence-electron chi connectivity index (χ1n) is 6.48. The Bertz CT molecular complexity index is 386. The van der Waals surface area contributed by atoms with Crippen LogP contribution >= 0.6 is 0 Å². The van der Waals surface area contributed by atoms with Gasteiger partial charge in [0.1, 0.15) is 0 Å². The number of benzene rings is 1. The fourth-order valence-electron chi connectivity index (χ4n) is 2.46. The fourth-order valence-corrected chi connectivity index (χ4v) is 2.46. The molecule has 0 bridgehead atoms. The van der Waals surface area contributed by atoms with Gasteiger partial charge in [0.25, 0.3) is 0 Å². The van der Waals surface area contributed by atoms with E-state index in [1.54, 1.807) is 0 Å². The van der Waals surface area contributed by atoms with Crippen LogP contribution in [0.5, 0.6) is 0 Å². The smallest absolute Gasteiger partial charge is 0.0362 e. The van der Waals surface area contributed by atoms with E-state index in [0.29, 0.717) is 11.5 Å². The highest BCUT2D eigenvalue weighted by atomic mass is 15.2. The predicted octanol–water partition coefficient (Wildman–Crippen LogP) is 3.31. The zero-order valence-corrected chi connectivity index (χ0v) is 11.4. The standard InChI is InChI=1S/C15H24N2/c1-11(13-7-5-6-8-14(13)16)17-9-12(10-17)15(2,3)4/h5-8,11-12H,9-10,16H2,1-4H3. The monoisotopic (exact) mass is 232 g/mol. The van der Waals surface area contributed by atoms with E-state index in [0.717, 1.165) is 11.6 Å². The summed E-state index contributed by atoms with van der Waals surface area (Å²) in [5, 5.41) is 0. The van der Waals surface area contributed by atoms with Crippen LogP contribution in [-0.4, -0.2) is 18.0 Å². The van der Waals surface area contributed by atoms with Crippen LogP contribution in [0.1, 0.15) is 39.3 Å². The van der Waals surface area contributed by atoms with Crippen LogP contribution in [0.15, 0.2) is 24.3 Å². The predicted molar refractivity (Wildman–Crippen MR) is 73.8 cm³/mol. The zero-order valence-electron chi connectivity index (χ0n) is 11.4. The van der Waals surface area contributed by atoms with Crippen LogP contribution in [0, 0.1) is 11.3 Å². The Morgan fingerprint density at radius 2 is 1.82 bits per heavy atom. The van der Waals surface area contributed by atoms with Gasteiger partial charge in [0, 0.05) is 24.8 Å². The van der Waals surface area contributed by atoms with E-state index in [1.807, 2.05) is 12.1 Å². The van der Waals surface area contributed by atoms with E-state index in [9.17, 15) is 0 Å². The third-order valence-corrected chi connectivity index (χ3v) is 4.13. The Morgan fingerprint density at radius 3 is 2.35 bits per heavy atom. The molecule has 1 aromatic rings. The Morgan fingerprint density at radius 1 is 1.24 bits per heavy atom. The molecule has 17 heavy (non-hydrogen) atoms. The first-order valence-corrected chi connectivity index (χ1v) is 6.48. The van der Waals surface area contributed by atoms with E-state index in [4.69, 9.17) is 5.73 Å². The Hall–Kier alpha value is -1.02. The molecule has 2 nitrogen and oxygen atoms in total. The van der Waals surface area contributed by atoms with Crippen molar-refractivity contribution < 1.29 is 0 Å².